The molecule has 2 heterocycles. The summed E-state index contributed by atoms with van der Waals surface area (Å²) < 4.78 is 0. The molecule has 1 aromatic heterocycles. The summed E-state index contributed by atoms with van der Waals surface area (Å²) in [6, 6.07) is 0. The molecule has 0 radical (unpaired) electrons. The van der Waals surface area contributed by atoms with E-state index in [1.165, 1.54) is 12.8 Å². The molecular formula is C17H31N3OS. The van der Waals surface area contributed by atoms with E-state index in [1.54, 1.807) is 11.3 Å². The Morgan fingerprint density at radius 3 is 2.73 bits per heavy atom. The molecule has 1 aliphatic rings. The third-order valence-corrected chi connectivity index (χ3v) is 6.10. The number of aliphatic hydroxyl groups excluding tert-OH is 1. The second-order valence-corrected chi connectivity index (χ2v) is 7.86. The minimum atomic E-state index is -0.319. The Bertz CT molecular complexity index is 457. The predicted octanol–water partition coefficient (Wildman–Crippen LogP) is 2.76. The fourth-order valence-electron chi connectivity index (χ4n) is 2.91. The first-order chi connectivity index (χ1) is 10.4. The van der Waals surface area contributed by atoms with Crippen LogP contribution in [0, 0.1) is 12.8 Å². The van der Waals surface area contributed by atoms with Crippen molar-refractivity contribution in [3.8, 4) is 0 Å². The van der Waals surface area contributed by atoms with Crippen LogP contribution >= 0.6 is 11.3 Å². The van der Waals surface area contributed by atoms with Crippen LogP contribution in [0.5, 0.6) is 0 Å². The number of nitrogens with one attached hydrogen (secondary N) is 1. The van der Waals surface area contributed by atoms with Gasteiger partial charge in [-0.3, -0.25) is 0 Å². The molecule has 4 nitrogen and oxygen atoms in total. The molecule has 1 aromatic rings. The van der Waals surface area contributed by atoms with E-state index in [1.807, 2.05) is 6.92 Å². The Labute approximate surface area is 138 Å². The fraction of sp³-hybridized carbons (Fsp3) is 0.824. The van der Waals surface area contributed by atoms with E-state index in [4.69, 9.17) is 0 Å². The van der Waals surface area contributed by atoms with Gasteiger partial charge in [-0.05, 0) is 52.1 Å². The molecule has 0 saturated carbocycles. The number of hydrogen-bond donors (Lipinski definition) is 2. The van der Waals surface area contributed by atoms with Gasteiger partial charge >= 0.3 is 0 Å². The average Bonchev–Trinajstić information content (AvgIpc) is 2.94. The molecule has 5 heteroatoms. The van der Waals surface area contributed by atoms with E-state index < -0.39 is 0 Å². The van der Waals surface area contributed by atoms with Crippen molar-refractivity contribution >= 4 is 11.3 Å². The Balaban J connectivity index is 1.82. The highest BCUT2D eigenvalue weighted by molar-refractivity contribution is 7.09. The summed E-state index contributed by atoms with van der Waals surface area (Å²) in [7, 11) is 0. The number of aryl methyl sites for hydroxylation is 1. The van der Waals surface area contributed by atoms with Gasteiger partial charge in [0.05, 0.1) is 11.6 Å². The number of aliphatic hydroxyl groups is 1. The number of β-amino-alcohol motifs (C(OH)–C–C–N with tert-alkyl or cyclic N) is 1. The van der Waals surface area contributed by atoms with E-state index in [2.05, 4.69) is 41.4 Å². The van der Waals surface area contributed by atoms with Crippen LogP contribution in [0.1, 0.15) is 50.7 Å². The Morgan fingerprint density at radius 1 is 1.50 bits per heavy atom. The van der Waals surface area contributed by atoms with Gasteiger partial charge in [0.25, 0.3) is 0 Å². The van der Waals surface area contributed by atoms with Crippen molar-refractivity contribution in [1.82, 2.24) is 15.2 Å². The predicted molar refractivity (Wildman–Crippen MR) is 93.3 cm³/mol. The van der Waals surface area contributed by atoms with E-state index in [9.17, 15) is 5.11 Å². The fourth-order valence-corrected chi connectivity index (χ4v) is 3.92. The van der Waals surface area contributed by atoms with Gasteiger partial charge in [0.15, 0.2) is 0 Å². The van der Waals surface area contributed by atoms with Crippen LogP contribution < -0.4 is 5.32 Å². The zero-order chi connectivity index (χ0) is 16.2. The molecule has 2 rings (SSSR count). The first-order valence-electron chi connectivity index (χ1n) is 8.51. The lowest BCUT2D eigenvalue weighted by atomic mass is 9.98. The molecule has 0 aromatic carbocycles. The number of thiazole rings is 1. The summed E-state index contributed by atoms with van der Waals surface area (Å²) in [5.41, 5.74) is 0.931. The largest absolute Gasteiger partial charge is 0.390 e. The minimum absolute atomic E-state index is 0.143. The van der Waals surface area contributed by atoms with Crippen LogP contribution in [0.2, 0.25) is 0 Å². The van der Waals surface area contributed by atoms with Gasteiger partial charge in [0, 0.05) is 24.2 Å². The molecule has 22 heavy (non-hydrogen) atoms. The number of piperidine rings is 1. The Hall–Kier alpha value is -0.490. The molecule has 2 unspecified atom stereocenters. The lowest BCUT2D eigenvalue weighted by molar-refractivity contribution is 0.0841. The quantitative estimate of drug-likeness (QED) is 0.809. The summed E-state index contributed by atoms with van der Waals surface area (Å²) >= 11 is 1.70. The van der Waals surface area contributed by atoms with Gasteiger partial charge < -0.3 is 15.3 Å². The van der Waals surface area contributed by atoms with Crippen molar-refractivity contribution in [3.63, 3.8) is 0 Å². The summed E-state index contributed by atoms with van der Waals surface area (Å²) in [6.45, 7) is 12.3. The first-order valence-corrected chi connectivity index (χ1v) is 9.39. The highest BCUT2D eigenvalue weighted by atomic mass is 32.1. The van der Waals surface area contributed by atoms with Crippen molar-refractivity contribution in [1.29, 1.82) is 0 Å². The zero-order valence-electron chi connectivity index (χ0n) is 14.4. The minimum Gasteiger partial charge on any atom is -0.390 e. The monoisotopic (exact) mass is 325 g/mol. The first kappa shape index (κ1) is 17.9. The second-order valence-electron chi connectivity index (χ2n) is 7.00. The van der Waals surface area contributed by atoms with Crippen LogP contribution in [-0.4, -0.2) is 47.3 Å². The van der Waals surface area contributed by atoms with Crippen LogP contribution in [0.3, 0.4) is 0 Å². The molecule has 0 aliphatic carbocycles. The van der Waals surface area contributed by atoms with Crippen molar-refractivity contribution in [2.24, 2.45) is 5.92 Å². The molecular weight excluding hydrogens is 294 g/mol. The second kappa shape index (κ2) is 7.86. The lowest BCUT2D eigenvalue weighted by Crippen LogP contribution is -2.47. The van der Waals surface area contributed by atoms with Crippen LogP contribution in [0.4, 0.5) is 0 Å². The van der Waals surface area contributed by atoms with Gasteiger partial charge in [-0.2, -0.15) is 0 Å². The van der Waals surface area contributed by atoms with E-state index >= 15 is 0 Å². The Kier molecular flexibility index (Phi) is 6.38. The third kappa shape index (κ3) is 4.75. The maximum atomic E-state index is 10.4. The molecule has 2 atom stereocenters. The van der Waals surface area contributed by atoms with E-state index in [0.29, 0.717) is 6.54 Å². The smallest absolute Gasteiger partial charge is 0.113 e. The lowest BCUT2D eigenvalue weighted by Gasteiger charge is -2.33. The maximum absolute atomic E-state index is 10.4. The topological polar surface area (TPSA) is 48.4 Å². The highest BCUT2D eigenvalue weighted by Crippen LogP contribution is 2.27. The molecule has 126 valence electrons. The van der Waals surface area contributed by atoms with Gasteiger partial charge in [-0.1, -0.05) is 13.8 Å². The third-order valence-electron chi connectivity index (χ3n) is 4.87. The Morgan fingerprint density at radius 2 is 2.18 bits per heavy atom. The zero-order valence-corrected chi connectivity index (χ0v) is 15.2. The van der Waals surface area contributed by atoms with Gasteiger partial charge in [-0.15, -0.1) is 11.3 Å². The molecule has 1 aliphatic heterocycles. The van der Waals surface area contributed by atoms with Gasteiger partial charge in [0.1, 0.15) is 5.01 Å². The van der Waals surface area contributed by atoms with Crippen molar-refractivity contribution in [2.45, 2.75) is 58.6 Å². The van der Waals surface area contributed by atoms with Crippen molar-refractivity contribution in [3.05, 3.63) is 16.1 Å². The summed E-state index contributed by atoms with van der Waals surface area (Å²) in [5, 5.41) is 17.1. The standard InChI is InChI=1S/C17H31N3OS/c1-5-17(4,16-19-14(3)12-22-16)18-10-15(21)11-20-8-6-13(2)7-9-20/h12-13,15,18,21H,5-11H2,1-4H3. The number of likely N-dealkylation sites (tertiary alicyclic amines) is 1. The molecule has 2 N–H and O–H groups in total. The van der Waals surface area contributed by atoms with Crippen LogP contribution in [-0.2, 0) is 5.54 Å². The molecule has 1 fully saturated rings. The summed E-state index contributed by atoms with van der Waals surface area (Å²) in [4.78, 5) is 7.01. The molecule has 0 spiro atoms. The van der Waals surface area contributed by atoms with Crippen LogP contribution in [0.15, 0.2) is 5.38 Å². The van der Waals surface area contributed by atoms with Gasteiger partial charge in [-0.25, -0.2) is 4.98 Å². The average molecular weight is 326 g/mol. The number of hydrogen-bond acceptors (Lipinski definition) is 5. The van der Waals surface area contributed by atoms with Gasteiger partial charge in [0.2, 0.25) is 0 Å². The number of rotatable bonds is 7. The summed E-state index contributed by atoms with van der Waals surface area (Å²) in [6.07, 6.45) is 3.16. The highest BCUT2D eigenvalue weighted by Gasteiger charge is 2.28. The van der Waals surface area contributed by atoms with E-state index in [-0.39, 0.29) is 11.6 Å². The van der Waals surface area contributed by atoms with Crippen LogP contribution in [0.25, 0.3) is 0 Å². The van der Waals surface area contributed by atoms with Crippen molar-refractivity contribution < 1.29 is 5.11 Å². The summed E-state index contributed by atoms with van der Waals surface area (Å²) in [5.74, 6) is 0.836. The van der Waals surface area contributed by atoms with E-state index in [0.717, 1.165) is 42.7 Å². The molecule has 0 bridgehead atoms. The molecule has 1 saturated heterocycles. The van der Waals surface area contributed by atoms with Crippen molar-refractivity contribution in [2.75, 3.05) is 26.2 Å². The number of aromatic nitrogens is 1. The SMILES string of the molecule is CCC(C)(NCC(O)CN1CCC(C)CC1)c1nc(C)cs1. The molecule has 0 amide bonds. The normalized spacial score (nSPS) is 21.7. The maximum Gasteiger partial charge on any atom is 0.113 e. The number of nitrogens with zero attached hydrogens (tertiary/aromatic N) is 2.